The molecule has 116 valence electrons. The quantitative estimate of drug-likeness (QED) is 0.850. The van der Waals surface area contributed by atoms with Gasteiger partial charge < -0.3 is 9.47 Å². The summed E-state index contributed by atoms with van der Waals surface area (Å²) < 4.78 is 24.8. The molecule has 0 radical (unpaired) electrons. The second kappa shape index (κ2) is 5.99. The molecule has 0 bridgehead atoms. The average Bonchev–Trinajstić information content (AvgIpc) is 3.17. The maximum atomic E-state index is 13.9. The molecule has 1 saturated heterocycles. The van der Waals surface area contributed by atoms with Crippen LogP contribution in [0.15, 0.2) is 29.6 Å². The molecule has 0 aliphatic carbocycles. The van der Waals surface area contributed by atoms with Gasteiger partial charge in [0.05, 0.1) is 6.61 Å². The number of benzene rings is 1. The molecular formula is C17H18FNO2S. The van der Waals surface area contributed by atoms with E-state index >= 15 is 0 Å². The maximum absolute atomic E-state index is 13.9. The molecule has 1 aromatic carbocycles. The van der Waals surface area contributed by atoms with Gasteiger partial charge in [0.25, 0.3) is 0 Å². The summed E-state index contributed by atoms with van der Waals surface area (Å²) in [6.45, 7) is 2.45. The highest BCUT2D eigenvalue weighted by Crippen LogP contribution is 2.38. The average molecular weight is 319 g/mol. The van der Waals surface area contributed by atoms with Gasteiger partial charge in [0.2, 0.25) is 0 Å². The van der Waals surface area contributed by atoms with Crippen molar-refractivity contribution in [3.8, 4) is 5.75 Å². The molecule has 1 unspecified atom stereocenters. The lowest BCUT2D eigenvalue weighted by Gasteiger charge is -2.27. The van der Waals surface area contributed by atoms with E-state index in [2.05, 4.69) is 22.4 Å². The Morgan fingerprint density at radius 2 is 2.32 bits per heavy atom. The summed E-state index contributed by atoms with van der Waals surface area (Å²) in [5, 5.41) is 2.12. The van der Waals surface area contributed by atoms with E-state index in [1.165, 1.54) is 23.8 Å². The Labute approximate surface area is 133 Å². The first-order valence-electron chi connectivity index (χ1n) is 7.60. The molecule has 4 rings (SSSR count). The lowest BCUT2D eigenvalue weighted by Crippen LogP contribution is -2.24. The summed E-state index contributed by atoms with van der Waals surface area (Å²) in [5.74, 6) is 0.596. The number of halogens is 1. The molecule has 3 heterocycles. The zero-order valence-corrected chi connectivity index (χ0v) is 13.1. The van der Waals surface area contributed by atoms with Crippen LogP contribution in [-0.2, 0) is 17.9 Å². The van der Waals surface area contributed by atoms with Crippen LogP contribution in [0.4, 0.5) is 4.39 Å². The van der Waals surface area contributed by atoms with Gasteiger partial charge in [-0.05, 0) is 43.0 Å². The van der Waals surface area contributed by atoms with Crippen LogP contribution in [-0.4, -0.2) is 18.2 Å². The summed E-state index contributed by atoms with van der Waals surface area (Å²) in [6.07, 6.45) is 2.35. The zero-order valence-electron chi connectivity index (χ0n) is 12.3. The third-order valence-electron chi connectivity index (χ3n) is 4.36. The van der Waals surface area contributed by atoms with Crippen molar-refractivity contribution in [2.45, 2.75) is 32.0 Å². The van der Waals surface area contributed by atoms with E-state index in [0.29, 0.717) is 12.6 Å². The number of hydrogen-bond donors (Lipinski definition) is 0. The van der Waals surface area contributed by atoms with Gasteiger partial charge in [-0.3, -0.25) is 4.90 Å². The molecule has 3 nitrogen and oxygen atoms in total. The van der Waals surface area contributed by atoms with Gasteiger partial charge in [-0.25, -0.2) is 4.39 Å². The molecule has 0 amide bonds. The van der Waals surface area contributed by atoms with Gasteiger partial charge in [-0.15, -0.1) is 11.3 Å². The molecular weight excluding hydrogens is 301 g/mol. The van der Waals surface area contributed by atoms with Gasteiger partial charge in [0, 0.05) is 28.6 Å². The van der Waals surface area contributed by atoms with Crippen LogP contribution >= 0.6 is 11.3 Å². The number of hydrogen-bond acceptors (Lipinski definition) is 4. The van der Waals surface area contributed by atoms with Gasteiger partial charge >= 0.3 is 0 Å². The van der Waals surface area contributed by atoms with Gasteiger partial charge in [-0.1, -0.05) is 6.07 Å². The fraction of sp³-hybridized carbons (Fsp3) is 0.412. The standard InChI is InChI=1S/C17H18FNO2S/c18-14-7-12(17-13(8-14)10-20-11-21-17)9-19-5-1-3-15(19)16-4-2-6-22-16/h2,4,6-8,15H,1,3,5,9-11H2. The predicted octanol–water partition coefficient (Wildman–Crippen LogP) is 4.09. The summed E-state index contributed by atoms with van der Waals surface area (Å²) in [5.41, 5.74) is 1.75. The van der Waals surface area contributed by atoms with Crippen LogP contribution in [0.1, 0.15) is 34.9 Å². The van der Waals surface area contributed by atoms with E-state index in [-0.39, 0.29) is 12.6 Å². The normalized spacial score (nSPS) is 21.6. The Hall–Kier alpha value is -1.43. The second-order valence-electron chi connectivity index (χ2n) is 5.81. The number of rotatable bonds is 3. The van der Waals surface area contributed by atoms with E-state index in [1.54, 1.807) is 17.4 Å². The van der Waals surface area contributed by atoms with E-state index in [4.69, 9.17) is 9.47 Å². The third-order valence-corrected chi connectivity index (χ3v) is 5.33. The summed E-state index contributed by atoms with van der Waals surface area (Å²) >= 11 is 1.80. The van der Waals surface area contributed by atoms with Crippen molar-refractivity contribution in [2.24, 2.45) is 0 Å². The number of nitrogens with zero attached hydrogens (tertiary/aromatic N) is 1. The SMILES string of the molecule is Fc1cc2c(c(CN3CCCC3c3cccs3)c1)OCOC2. The Balaban J connectivity index is 1.62. The molecule has 2 aliphatic rings. The topological polar surface area (TPSA) is 21.7 Å². The Kier molecular flexibility index (Phi) is 3.86. The van der Waals surface area contributed by atoms with E-state index in [0.717, 1.165) is 30.0 Å². The summed E-state index contributed by atoms with van der Waals surface area (Å²) in [6, 6.07) is 7.85. The Bertz CT molecular complexity index is 659. The number of fused-ring (bicyclic) bond motifs is 1. The lowest BCUT2D eigenvalue weighted by molar-refractivity contribution is -0.0177. The number of thiophene rings is 1. The molecule has 1 atom stereocenters. The van der Waals surface area contributed by atoms with Crippen molar-refractivity contribution in [1.82, 2.24) is 4.90 Å². The first-order chi connectivity index (χ1) is 10.8. The van der Waals surface area contributed by atoms with Crippen molar-refractivity contribution in [3.63, 3.8) is 0 Å². The highest BCUT2D eigenvalue weighted by Gasteiger charge is 2.28. The highest BCUT2D eigenvalue weighted by atomic mass is 32.1. The van der Waals surface area contributed by atoms with Crippen molar-refractivity contribution in [3.05, 3.63) is 51.5 Å². The summed E-state index contributed by atoms with van der Waals surface area (Å²) in [7, 11) is 0. The van der Waals surface area contributed by atoms with Gasteiger partial charge in [-0.2, -0.15) is 0 Å². The van der Waals surface area contributed by atoms with Crippen molar-refractivity contribution < 1.29 is 13.9 Å². The number of likely N-dealkylation sites (tertiary alicyclic amines) is 1. The van der Waals surface area contributed by atoms with Crippen molar-refractivity contribution >= 4 is 11.3 Å². The minimum Gasteiger partial charge on any atom is -0.467 e. The molecule has 5 heteroatoms. The fourth-order valence-electron chi connectivity index (χ4n) is 3.41. The zero-order chi connectivity index (χ0) is 14.9. The first kappa shape index (κ1) is 14.2. The second-order valence-corrected chi connectivity index (χ2v) is 6.79. The van der Waals surface area contributed by atoms with Gasteiger partial charge in [0.15, 0.2) is 6.79 Å². The maximum Gasteiger partial charge on any atom is 0.189 e. The molecule has 1 aromatic heterocycles. The largest absolute Gasteiger partial charge is 0.467 e. The molecule has 0 spiro atoms. The monoisotopic (exact) mass is 319 g/mol. The predicted molar refractivity (Wildman–Crippen MR) is 83.4 cm³/mol. The van der Waals surface area contributed by atoms with Crippen LogP contribution in [0.25, 0.3) is 0 Å². The van der Waals surface area contributed by atoms with Crippen molar-refractivity contribution in [1.29, 1.82) is 0 Å². The summed E-state index contributed by atoms with van der Waals surface area (Å²) in [4.78, 5) is 3.83. The molecule has 0 N–H and O–H groups in total. The number of ether oxygens (including phenoxy) is 2. The van der Waals surface area contributed by atoms with Crippen LogP contribution in [0.3, 0.4) is 0 Å². The van der Waals surface area contributed by atoms with Crippen molar-refractivity contribution in [2.75, 3.05) is 13.3 Å². The Morgan fingerprint density at radius 3 is 3.18 bits per heavy atom. The minimum absolute atomic E-state index is 0.213. The minimum atomic E-state index is -0.213. The van der Waals surface area contributed by atoms with Crippen LogP contribution in [0.2, 0.25) is 0 Å². The molecule has 0 saturated carbocycles. The first-order valence-corrected chi connectivity index (χ1v) is 8.48. The van der Waals surface area contributed by atoms with Crippen LogP contribution in [0, 0.1) is 5.82 Å². The highest BCUT2D eigenvalue weighted by molar-refractivity contribution is 7.10. The molecule has 1 fully saturated rings. The fourth-order valence-corrected chi connectivity index (χ4v) is 4.31. The molecule has 22 heavy (non-hydrogen) atoms. The van der Waals surface area contributed by atoms with E-state index in [9.17, 15) is 4.39 Å². The smallest absolute Gasteiger partial charge is 0.189 e. The third kappa shape index (κ3) is 2.64. The molecule has 2 aliphatic heterocycles. The molecule has 2 aromatic rings. The van der Waals surface area contributed by atoms with Crippen LogP contribution < -0.4 is 4.74 Å². The van der Waals surface area contributed by atoms with Gasteiger partial charge in [0.1, 0.15) is 11.6 Å². The van der Waals surface area contributed by atoms with Crippen LogP contribution in [0.5, 0.6) is 5.75 Å². The lowest BCUT2D eigenvalue weighted by atomic mass is 10.1. The van der Waals surface area contributed by atoms with E-state index in [1.807, 2.05) is 0 Å². The van der Waals surface area contributed by atoms with E-state index < -0.39 is 0 Å². The Morgan fingerprint density at radius 1 is 1.36 bits per heavy atom.